The molecule has 3 nitrogen and oxygen atoms in total. The van der Waals surface area contributed by atoms with Crippen LogP contribution < -0.4 is 0 Å². The fourth-order valence-corrected chi connectivity index (χ4v) is 2.55. The second kappa shape index (κ2) is 18.4. The highest BCUT2D eigenvalue weighted by Gasteiger charge is 1.83. The lowest BCUT2D eigenvalue weighted by molar-refractivity contribution is 1.04. The molecule has 3 heterocycles. The first-order valence-electron chi connectivity index (χ1n) is 11.4. The molecule has 0 aliphatic carbocycles. The molecular weight excluding hydrogens is 390 g/mol. The summed E-state index contributed by atoms with van der Waals surface area (Å²) in [4.78, 5) is 11.9. The van der Waals surface area contributed by atoms with Gasteiger partial charge >= 0.3 is 0 Å². The van der Waals surface area contributed by atoms with Crippen LogP contribution in [0.15, 0.2) is 104 Å². The largest absolute Gasteiger partial charge is 0.265 e. The number of aryl methyl sites for hydroxylation is 4. The number of nitrogens with zero attached hydrogens (tertiary/aromatic N) is 3. The maximum atomic E-state index is 4.10. The molecule has 168 valence electrons. The quantitative estimate of drug-likeness (QED) is 0.346. The van der Waals surface area contributed by atoms with Gasteiger partial charge in [0.15, 0.2) is 0 Å². The molecule has 0 fully saturated rings. The molecule has 4 aromatic rings. The second-order valence-corrected chi connectivity index (χ2v) is 6.94. The molecule has 3 aromatic heterocycles. The molecule has 0 aliphatic rings. The third-order valence-electron chi connectivity index (χ3n) is 4.63. The first-order valence-corrected chi connectivity index (χ1v) is 11.4. The van der Waals surface area contributed by atoms with E-state index in [2.05, 4.69) is 73.0 Å². The lowest BCUT2D eigenvalue weighted by atomic mass is 10.2. The highest BCUT2D eigenvalue weighted by molar-refractivity contribution is 5.14. The minimum atomic E-state index is 1.03. The van der Waals surface area contributed by atoms with Crippen LogP contribution in [0.2, 0.25) is 0 Å². The van der Waals surface area contributed by atoms with E-state index in [1.807, 2.05) is 67.3 Å². The summed E-state index contributed by atoms with van der Waals surface area (Å²) in [6.45, 7) is 8.52. The predicted molar refractivity (Wildman–Crippen MR) is 137 cm³/mol. The minimum Gasteiger partial charge on any atom is -0.265 e. The van der Waals surface area contributed by atoms with Gasteiger partial charge in [-0.15, -0.1) is 0 Å². The summed E-state index contributed by atoms with van der Waals surface area (Å²) in [5.74, 6) is 0. The molecule has 1 aromatic carbocycles. The lowest BCUT2D eigenvalue weighted by Gasteiger charge is -1.89. The summed E-state index contributed by atoms with van der Waals surface area (Å²) in [6.07, 6.45) is 13.5. The van der Waals surface area contributed by atoms with Gasteiger partial charge in [-0.3, -0.25) is 15.0 Å². The number of hydrogen-bond donors (Lipinski definition) is 0. The average Bonchev–Trinajstić information content (AvgIpc) is 2.91. The van der Waals surface area contributed by atoms with E-state index in [-0.39, 0.29) is 0 Å². The Balaban J connectivity index is 0.000000213. The van der Waals surface area contributed by atoms with Crippen molar-refractivity contribution < 1.29 is 0 Å². The van der Waals surface area contributed by atoms with Gasteiger partial charge in [0, 0.05) is 36.7 Å². The number of benzene rings is 1. The predicted octanol–water partition coefficient (Wildman–Crippen LogP) is 7.18. The average molecular weight is 428 g/mol. The van der Waals surface area contributed by atoms with Crippen molar-refractivity contribution in [1.82, 2.24) is 15.0 Å². The molecule has 0 bridgehead atoms. The monoisotopic (exact) mass is 427 g/mol. The van der Waals surface area contributed by atoms with Crippen LogP contribution in [-0.2, 0) is 25.7 Å². The summed E-state index contributed by atoms with van der Waals surface area (Å²) >= 11 is 0. The van der Waals surface area contributed by atoms with Crippen molar-refractivity contribution in [3.63, 3.8) is 0 Å². The summed E-state index contributed by atoms with van der Waals surface area (Å²) in [5.41, 5.74) is 5.22. The van der Waals surface area contributed by atoms with Crippen LogP contribution >= 0.6 is 0 Å². The summed E-state index contributed by atoms with van der Waals surface area (Å²) in [6, 6.07) is 24.5. The van der Waals surface area contributed by atoms with E-state index < -0.39 is 0 Å². The third kappa shape index (κ3) is 13.1. The SMILES string of the molecule is CCc1ccccc1.CCc1ccccn1.CCc1cccnc1.CCc1ccncc1. The molecule has 0 spiro atoms. The molecule has 0 saturated heterocycles. The fraction of sp³-hybridized carbons (Fsp3) is 0.276. The number of hydrogen-bond acceptors (Lipinski definition) is 3. The van der Waals surface area contributed by atoms with E-state index in [1.54, 1.807) is 6.20 Å². The molecule has 0 radical (unpaired) electrons. The van der Waals surface area contributed by atoms with Crippen molar-refractivity contribution in [3.8, 4) is 0 Å². The zero-order chi connectivity index (χ0) is 23.3. The molecule has 0 atom stereocenters. The topological polar surface area (TPSA) is 38.7 Å². The van der Waals surface area contributed by atoms with Crippen molar-refractivity contribution in [2.45, 2.75) is 53.4 Å². The number of aromatic nitrogens is 3. The third-order valence-corrected chi connectivity index (χ3v) is 4.63. The maximum absolute atomic E-state index is 4.10. The zero-order valence-corrected chi connectivity index (χ0v) is 20.0. The van der Waals surface area contributed by atoms with Gasteiger partial charge in [-0.1, -0.05) is 70.2 Å². The molecule has 0 aliphatic heterocycles. The van der Waals surface area contributed by atoms with E-state index in [4.69, 9.17) is 0 Å². The smallest absolute Gasteiger partial charge is 0.0400 e. The van der Waals surface area contributed by atoms with Crippen molar-refractivity contribution in [2.75, 3.05) is 0 Å². The molecule has 0 N–H and O–H groups in total. The van der Waals surface area contributed by atoms with Gasteiger partial charge in [0.1, 0.15) is 0 Å². The van der Waals surface area contributed by atoms with Gasteiger partial charge in [0.05, 0.1) is 0 Å². The fourth-order valence-electron chi connectivity index (χ4n) is 2.55. The Morgan fingerprint density at radius 1 is 0.469 bits per heavy atom. The Kier molecular flexibility index (Phi) is 15.4. The summed E-state index contributed by atoms with van der Waals surface area (Å²) in [7, 11) is 0. The highest BCUT2D eigenvalue weighted by atomic mass is 14.7. The molecule has 0 saturated carbocycles. The van der Waals surface area contributed by atoms with E-state index in [1.165, 1.54) is 16.7 Å². The first-order chi connectivity index (χ1) is 15.7. The number of rotatable bonds is 4. The first kappa shape index (κ1) is 26.7. The molecule has 0 unspecified atom stereocenters. The van der Waals surface area contributed by atoms with E-state index in [0.29, 0.717) is 0 Å². The van der Waals surface area contributed by atoms with Crippen molar-refractivity contribution in [1.29, 1.82) is 0 Å². The van der Waals surface area contributed by atoms with E-state index in [9.17, 15) is 0 Å². The van der Waals surface area contributed by atoms with Gasteiger partial charge in [-0.2, -0.15) is 0 Å². The Labute approximate surface area is 194 Å². The van der Waals surface area contributed by atoms with Crippen LogP contribution in [0.1, 0.15) is 50.1 Å². The van der Waals surface area contributed by atoms with E-state index >= 15 is 0 Å². The van der Waals surface area contributed by atoms with Gasteiger partial charge in [-0.25, -0.2) is 0 Å². The molecular formula is C29H37N3. The van der Waals surface area contributed by atoms with Crippen LogP contribution in [0, 0.1) is 0 Å². The van der Waals surface area contributed by atoms with Gasteiger partial charge in [0.2, 0.25) is 0 Å². The molecule has 3 heteroatoms. The summed E-state index contributed by atoms with van der Waals surface area (Å²) < 4.78 is 0. The van der Waals surface area contributed by atoms with Gasteiger partial charge < -0.3 is 0 Å². The standard InChI is InChI=1S/C8H10.3C7H9N/c1-2-8-6-4-3-5-7-8;1-2-7-3-5-8-6-4-7;1-2-7-4-3-5-8-6-7;1-2-7-5-3-4-6-8-7/h3-7H,2H2,1H3;3*3-6H,2H2,1H3. The Bertz CT molecular complexity index is 738. The molecule has 0 amide bonds. The summed E-state index contributed by atoms with van der Waals surface area (Å²) in [5, 5.41) is 0. The van der Waals surface area contributed by atoms with Gasteiger partial charge in [0.25, 0.3) is 0 Å². The zero-order valence-electron chi connectivity index (χ0n) is 20.0. The Morgan fingerprint density at radius 2 is 1.06 bits per heavy atom. The highest BCUT2D eigenvalue weighted by Crippen LogP contribution is 1.97. The van der Waals surface area contributed by atoms with Crippen LogP contribution in [0.5, 0.6) is 0 Å². The van der Waals surface area contributed by atoms with Crippen molar-refractivity contribution in [2.24, 2.45) is 0 Å². The van der Waals surface area contributed by atoms with Crippen LogP contribution in [0.25, 0.3) is 0 Å². The molecule has 32 heavy (non-hydrogen) atoms. The van der Waals surface area contributed by atoms with Crippen molar-refractivity contribution in [3.05, 3.63) is 126 Å². The molecule has 4 rings (SSSR count). The van der Waals surface area contributed by atoms with Gasteiger partial charge in [-0.05, 0) is 72.7 Å². The minimum absolute atomic E-state index is 1.03. The normalized spacial score (nSPS) is 9.12. The van der Waals surface area contributed by atoms with Crippen LogP contribution in [0.3, 0.4) is 0 Å². The van der Waals surface area contributed by atoms with Crippen LogP contribution in [-0.4, -0.2) is 15.0 Å². The maximum Gasteiger partial charge on any atom is 0.0400 e. The van der Waals surface area contributed by atoms with Crippen molar-refractivity contribution >= 4 is 0 Å². The Hall–Kier alpha value is -3.33. The van der Waals surface area contributed by atoms with E-state index in [0.717, 1.165) is 31.4 Å². The second-order valence-electron chi connectivity index (χ2n) is 6.94. The van der Waals surface area contributed by atoms with Crippen LogP contribution in [0.4, 0.5) is 0 Å². The Morgan fingerprint density at radius 3 is 1.44 bits per heavy atom. The number of pyridine rings is 3. The lowest BCUT2D eigenvalue weighted by Crippen LogP contribution is -1.81.